The summed E-state index contributed by atoms with van der Waals surface area (Å²) in [5, 5.41) is 4.00. The number of benzene rings is 2. The van der Waals surface area contributed by atoms with Gasteiger partial charge >= 0.3 is 0 Å². The highest BCUT2D eigenvalue weighted by atomic mass is 35.5. The Labute approximate surface area is 206 Å². The molecule has 5 nitrogen and oxygen atoms in total. The molecule has 0 saturated heterocycles. The number of carbonyl (C=O) groups excluding carboxylic acids is 1. The number of para-hydroxylation sites is 2. The van der Waals surface area contributed by atoms with Crippen molar-refractivity contribution in [3.05, 3.63) is 52.5 Å². The molecule has 2 aromatic carbocycles. The zero-order valence-electron chi connectivity index (χ0n) is 19.7. The van der Waals surface area contributed by atoms with E-state index in [4.69, 9.17) is 25.8 Å². The second-order valence-corrected chi connectivity index (χ2v) is 11.0. The van der Waals surface area contributed by atoms with Gasteiger partial charge in [-0.15, -0.1) is 0 Å². The van der Waals surface area contributed by atoms with Crippen LogP contribution in [0.25, 0.3) is 0 Å². The fraction of sp³-hybridized carbons (Fsp3) is 0.536. The summed E-state index contributed by atoms with van der Waals surface area (Å²) in [6, 6.07) is 11.9. The molecule has 180 valence electrons. The van der Waals surface area contributed by atoms with E-state index in [0.29, 0.717) is 16.5 Å². The number of ether oxygens (including phenoxy) is 3. The molecule has 6 rings (SSSR count). The Morgan fingerprint density at radius 2 is 1.94 bits per heavy atom. The summed E-state index contributed by atoms with van der Waals surface area (Å²) < 4.78 is 18.3. The quantitative estimate of drug-likeness (QED) is 0.571. The highest BCUT2D eigenvalue weighted by Crippen LogP contribution is 2.63. The summed E-state index contributed by atoms with van der Waals surface area (Å²) in [5.74, 6) is 2.25. The minimum atomic E-state index is -0.118. The van der Waals surface area contributed by atoms with E-state index >= 15 is 0 Å². The predicted molar refractivity (Wildman–Crippen MR) is 131 cm³/mol. The number of methoxy groups -OCH3 is 1. The largest absolute Gasteiger partial charge is 0.493 e. The second-order valence-electron chi connectivity index (χ2n) is 10.6. The molecular formula is C28H32ClNO4. The van der Waals surface area contributed by atoms with Crippen molar-refractivity contribution in [2.45, 2.75) is 87.4 Å². The summed E-state index contributed by atoms with van der Waals surface area (Å²) in [6.45, 7) is 0. The van der Waals surface area contributed by atoms with Gasteiger partial charge in [0.25, 0.3) is 0 Å². The molecule has 3 saturated carbocycles. The smallest absolute Gasteiger partial charge is 0.224 e. The van der Waals surface area contributed by atoms with E-state index in [1.54, 1.807) is 7.11 Å². The molecule has 0 aromatic heterocycles. The molecule has 3 fully saturated rings. The Kier molecular flexibility index (Phi) is 5.44. The van der Waals surface area contributed by atoms with Gasteiger partial charge in [0.15, 0.2) is 11.5 Å². The molecule has 2 atom stereocenters. The second kappa shape index (κ2) is 8.37. The SMILES string of the molecule is COc1cccc(CC(=O)NC2CC23CC2(CCC2)Oc2c(Cl)cccc23)c1OC1CCCC1. The third kappa shape index (κ3) is 3.73. The van der Waals surface area contributed by atoms with E-state index in [1.165, 1.54) is 19.3 Å². The van der Waals surface area contributed by atoms with Gasteiger partial charge < -0.3 is 19.5 Å². The van der Waals surface area contributed by atoms with Crippen LogP contribution in [0.1, 0.15) is 68.9 Å². The van der Waals surface area contributed by atoms with Crippen molar-refractivity contribution >= 4 is 17.5 Å². The van der Waals surface area contributed by atoms with Crippen molar-refractivity contribution in [3.8, 4) is 17.2 Å². The molecule has 0 radical (unpaired) electrons. The van der Waals surface area contributed by atoms with Crippen molar-refractivity contribution < 1.29 is 19.0 Å². The van der Waals surface area contributed by atoms with Gasteiger partial charge in [-0.2, -0.15) is 0 Å². The lowest BCUT2D eigenvalue weighted by atomic mass is 9.69. The third-order valence-electron chi connectivity index (χ3n) is 8.35. The number of rotatable bonds is 6. The minimum absolute atomic E-state index is 0.0177. The van der Waals surface area contributed by atoms with E-state index in [0.717, 1.165) is 55.4 Å². The molecule has 6 heteroatoms. The first kappa shape index (κ1) is 22.1. The van der Waals surface area contributed by atoms with Crippen molar-refractivity contribution in [2.24, 2.45) is 0 Å². The summed E-state index contributed by atoms with van der Waals surface area (Å²) in [5.41, 5.74) is 1.83. The number of carbonyl (C=O) groups is 1. The van der Waals surface area contributed by atoms with E-state index in [9.17, 15) is 4.79 Å². The molecule has 2 spiro atoms. The maximum absolute atomic E-state index is 13.2. The van der Waals surface area contributed by atoms with E-state index in [2.05, 4.69) is 11.4 Å². The fourth-order valence-corrected chi connectivity index (χ4v) is 6.56. The van der Waals surface area contributed by atoms with Crippen LogP contribution in [0.15, 0.2) is 36.4 Å². The van der Waals surface area contributed by atoms with E-state index < -0.39 is 0 Å². The van der Waals surface area contributed by atoms with Crippen molar-refractivity contribution in [1.29, 1.82) is 0 Å². The number of hydrogen-bond acceptors (Lipinski definition) is 4. The normalized spacial score (nSPS) is 26.5. The van der Waals surface area contributed by atoms with Crippen LogP contribution in [0.3, 0.4) is 0 Å². The summed E-state index contributed by atoms with van der Waals surface area (Å²) in [4.78, 5) is 13.2. The van der Waals surface area contributed by atoms with Crippen LogP contribution < -0.4 is 19.5 Å². The third-order valence-corrected chi connectivity index (χ3v) is 8.65. The Hall–Kier alpha value is -2.40. The van der Waals surface area contributed by atoms with E-state index in [-0.39, 0.29) is 35.5 Å². The maximum Gasteiger partial charge on any atom is 0.224 e. The Morgan fingerprint density at radius 3 is 2.68 bits per heavy atom. The standard InChI is InChI=1S/C28H32ClNO4/c1-32-22-12-4-7-18(25(22)33-19-8-2-3-9-19)15-24(31)30-23-16-28(23)17-27(13-6-14-27)34-26-20(28)10-5-11-21(26)29/h4-5,7,10-12,19,23H,2-3,6,8-9,13-17H2,1H3,(H,30,31). The highest BCUT2D eigenvalue weighted by molar-refractivity contribution is 6.32. The van der Waals surface area contributed by atoms with E-state index in [1.807, 2.05) is 30.3 Å². The topological polar surface area (TPSA) is 56.8 Å². The zero-order chi connectivity index (χ0) is 23.3. The molecule has 0 bridgehead atoms. The van der Waals surface area contributed by atoms with Crippen LogP contribution in [0.2, 0.25) is 5.02 Å². The van der Waals surface area contributed by atoms with Gasteiger partial charge in [-0.3, -0.25) is 4.79 Å². The van der Waals surface area contributed by atoms with Gasteiger partial charge in [0, 0.05) is 22.6 Å². The molecule has 2 unspecified atom stereocenters. The van der Waals surface area contributed by atoms with Gasteiger partial charge in [0.2, 0.25) is 5.91 Å². The minimum Gasteiger partial charge on any atom is -0.493 e. The molecule has 1 N–H and O–H groups in total. The van der Waals surface area contributed by atoms with Crippen molar-refractivity contribution in [1.82, 2.24) is 5.32 Å². The van der Waals surface area contributed by atoms with Crippen molar-refractivity contribution in [3.63, 3.8) is 0 Å². The summed E-state index contributed by atoms with van der Waals surface area (Å²) in [7, 11) is 1.65. The van der Waals surface area contributed by atoms with Gasteiger partial charge in [0.05, 0.1) is 24.7 Å². The Balaban J connectivity index is 1.20. The first-order valence-electron chi connectivity index (χ1n) is 12.6. The molecule has 1 amide bonds. The molecule has 2 aromatic rings. The van der Waals surface area contributed by atoms with Crippen LogP contribution in [-0.2, 0) is 16.6 Å². The molecular weight excluding hydrogens is 450 g/mol. The lowest BCUT2D eigenvalue weighted by Gasteiger charge is -2.49. The lowest BCUT2D eigenvalue weighted by Crippen LogP contribution is -2.50. The van der Waals surface area contributed by atoms with Gasteiger partial charge in [0.1, 0.15) is 11.4 Å². The predicted octanol–water partition coefficient (Wildman–Crippen LogP) is 5.74. The number of hydrogen-bond donors (Lipinski definition) is 1. The first-order chi connectivity index (χ1) is 16.5. The van der Waals surface area contributed by atoms with Crippen LogP contribution in [-0.4, -0.2) is 30.8 Å². The number of fused-ring (bicyclic) bond motifs is 2. The fourth-order valence-electron chi connectivity index (χ4n) is 6.35. The number of halogens is 1. The number of amides is 1. The molecule has 1 aliphatic heterocycles. The Bertz CT molecular complexity index is 1110. The maximum atomic E-state index is 13.2. The van der Waals surface area contributed by atoms with Gasteiger partial charge in [-0.25, -0.2) is 0 Å². The lowest BCUT2D eigenvalue weighted by molar-refractivity contribution is -0.120. The van der Waals surface area contributed by atoms with Crippen LogP contribution in [0.5, 0.6) is 17.2 Å². The monoisotopic (exact) mass is 481 g/mol. The average Bonchev–Trinajstić information content (AvgIpc) is 3.20. The van der Waals surface area contributed by atoms with Crippen LogP contribution in [0, 0.1) is 0 Å². The number of nitrogens with one attached hydrogen (secondary N) is 1. The Morgan fingerprint density at radius 1 is 1.15 bits per heavy atom. The molecule has 4 aliphatic rings. The highest BCUT2D eigenvalue weighted by Gasteiger charge is 2.64. The average molecular weight is 482 g/mol. The van der Waals surface area contributed by atoms with Crippen LogP contribution in [0.4, 0.5) is 0 Å². The van der Waals surface area contributed by atoms with Crippen molar-refractivity contribution in [2.75, 3.05) is 7.11 Å². The van der Waals surface area contributed by atoms with Gasteiger partial charge in [-0.1, -0.05) is 35.9 Å². The molecule has 34 heavy (non-hydrogen) atoms. The zero-order valence-corrected chi connectivity index (χ0v) is 20.5. The van der Waals surface area contributed by atoms with Crippen LogP contribution >= 0.6 is 11.6 Å². The first-order valence-corrected chi connectivity index (χ1v) is 13.0. The summed E-state index contributed by atoms with van der Waals surface area (Å²) in [6.07, 6.45) is 10.2. The molecule has 1 heterocycles. The van der Waals surface area contributed by atoms with Gasteiger partial charge in [-0.05, 0) is 69.9 Å². The molecule has 3 aliphatic carbocycles. The summed E-state index contributed by atoms with van der Waals surface area (Å²) >= 11 is 6.54.